The highest BCUT2D eigenvalue weighted by molar-refractivity contribution is 5.79. The summed E-state index contributed by atoms with van der Waals surface area (Å²) in [5.74, 6) is 0.763. The third kappa shape index (κ3) is 5.26. The van der Waals surface area contributed by atoms with Crippen LogP contribution in [0.15, 0.2) is 53.5 Å². The summed E-state index contributed by atoms with van der Waals surface area (Å²) >= 11 is 0. The molecule has 0 saturated carbocycles. The van der Waals surface area contributed by atoms with Gasteiger partial charge in [0.15, 0.2) is 17.5 Å². The molecule has 0 aliphatic carbocycles. The molecule has 4 nitrogen and oxygen atoms in total. The molecule has 2 aromatic rings. The maximum absolute atomic E-state index is 13.4. The summed E-state index contributed by atoms with van der Waals surface area (Å²) < 4.78 is 18.4. The minimum Gasteiger partial charge on any atom is -0.494 e. The largest absolute Gasteiger partial charge is 0.494 e. The summed E-state index contributed by atoms with van der Waals surface area (Å²) in [5, 5.41) is 3.33. The lowest BCUT2D eigenvalue weighted by Gasteiger charge is -2.18. The summed E-state index contributed by atoms with van der Waals surface area (Å²) in [6, 6.07) is 15.1. The first-order valence-corrected chi connectivity index (χ1v) is 7.92. The van der Waals surface area contributed by atoms with Crippen molar-refractivity contribution in [3.05, 3.63) is 65.5 Å². The zero-order valence-corrected chi connectivity index (χ0v) is 14.4. The molecule has 0 spiro atoms. The Morgan fingerprint density at radius 3 is 2.54 bits per heavy atom. The van der Waals surface area contributed by atoms with Crippen molar-refractivity contribution in [2.75, 3.05) is 27.7 Å². The first kappa shape index (κ1) is 17.8. The number of benzene rings is 2. The number of hydrogen-bond donors (Lipinski definition) is 1. The number of nitrogens with one attached hydrogen (secondary N) is 1. The van der Waals surface area contributed by atoms with E-state index in [0.29, 0.717) is 13.1 Å². The van der Waals surface area contributed by atoms with Crippen LogP contribution < -0.4 is 10.1 Å². The quantitative estimate of drug-likeness (QED) is 0.654. The van der Waals surface area contributed by atoms with Crippen molar-refractivity contribution in [1.29, 1.82) is 0 Å². The molecule has 0 amide bonds. The third-order valence-corrected chi connectivity index (χ3v) is 3.59. The van der Waals surface area contributed by atoms with Crippen LogP contribution in [0.5, 0.6) is 5.75 Å². The average Bonchev–Trinajstić information content (AvgIpc) is 2.59. The molecule has 2 rings (SSSR count). The lowest BCUT2D eigenvalue weighted by atomic mass is 10.1. The molecule has 0 aliphatic rings. The van der Waals surface area contributed by atoms with E-state index in [1.165, 1.54) is 18.7 Å². The molecule has 128 valence electrons. The van der Waals surface area contributed by atoms with Gasteiger partial charge in [-0.05, 0) is 29.7 Å². The fourth-order valence-corrected chi connectivity index (χ4v) is 2.28. The van der Waals surface area contributed by atoms with Crippen LogP contribution in [0.3, 0.4) is 0 Å². The second kappa shape index (κ2) is 8.91. The summed E-state index contributed by atoms with van der Waals surface area (Å²) in [7, 11) is 5.39. The fourth-order valence-electron chi connectivity index (χ4n) is 2.28. The number of guanidine groups is 1. The molecule has 0 aromatic heterocycles. The lowest BCUT2D eigenvalue weighted by Crippen LogP contribution is -2.37. The minimum absolute atomic E-state index is 0.276. The molecule has 0 aliphatic heterocycles. The third-order valence-electron chi connectivity index (χ3n) is 3.59. The van der Waals surface area contributed by atoms with Gasteiger partial charge in [0.1, 0.15) is 0 Å². The van der Waals surface area contributed by atoms with Gasteiger partial charge in [-0.3, -0.25) is 0 Å². The van der Waals surface area contributed by atoms with E-state index in [4.69, 9.17) is 4.74 Å². The van der Waals surface area contributed by atoms with E-state index in [9.17, 15) is 4.39 Å². The molecule has 0 fully saturated rings. The lowest BCUT2D eigenvalue weighted by molar-refractivity contribution is 0.386. The van der Waals surface area contributed by atoms with Crippen molar-refractivity contribution in [3.63, 3.8) is 0 Å². The predicted octanol–water partition coefficient (Wildman–Crippen LogP) is 3.08. The summed E-state index contributed by atoms with van der Waals surface area (Å²) in [5.41, 5.74) is 2.18. The highest BCUT2D eigenvalue weighted by Crippen LogP contribution is 2.18. The van der Waals surface area contributed by atoms with Gasteiger partial charge in [0.05, 0.1) is 13.7 Å². The van der Waals surface area contributed by atoms with Crippen LogP contribution in [0.2, 0.25) is 0 Å². The highest BCUT2D eigenvalue weighted by atomic mass is 19.1. The predicted molar refractivity (Wildman–Crippen MR) is 95.9 cm³/mol. The first-order chi connectivity index (χ1) is 11.6. The van der Waals surface area contributed by atoms with E-state index in [2.05, 4.69) is 22.4 Å². The van der Waals surface area contributed by atoms with Gasteiger partial charge in [-0.15, -0.1) is 0 Å². The van der Waals surface area contributed by atoms with Crippen LogP contribution in [-0.4, -0.2) is 38.6 Å². The van der Waals surface area contributed by atoms with Gasteiger partial charge >= 0.3 is 0 Å². The monoisotopic (exact) mass is 329 g/mol. The minimum atomic E-state index is -0.340. The molecule has 0 unspecified atom stereocenters. The van der Waals surface area contributed by atoms with Crippen LogP contribution in [-0.2, 0) is 13.0 Å². The number of aliphatic imine (C=N–C) groups is 1. The smallest absolute Gasteiger partial charge is 0.193 e. The number of ether oxygens (including phenoxy) is 1. The fraction of sp³-hybridized carbons (Fsp3) is 0.316. The molecular weight excluding hydrogens is 305 g/mol. The molecule has 0 bridgehead atoms. The molecule has 1 N–H and O–H groups in total. The number of rotatable bonds is 6. The number of halogens is 1. The van der Waals surface area contributed by atoms with Gasteiger partial charge in [0.2, 0.25) is 0 Å². The van der Waals surface area contributed by atoms with Gasteiger partial charge in [0, 0.05) is 20.6 Å². The van der Waals surface area contributed by atoms with Gasteiger partial charge in [-0.1, -0.05) is 36.4 Å². The van der Waals surface area contributed by atoms with Crippen LogP contribution in [0, 0.1) is 5.82 Å². The maximum atomic E-state index is 13.4. The van der Waals surface area contributed by atoms with Crippen molar-refractivity contribution in [2.24, 2.45) is 4.99 Å². The van der Waals surface area contributed by atoms with Crippen LogP contribution in [0.4, 0.5) is 4.39 Å². The zero-order valence-electron chi connectivity index (χ0n) is 14.4. The molecular formula is C19H24FN3O. The molecule has 5 heteroatoms. The van der Waals surface area contributed by atoms with Crippen molar-refractivity contribution in [1.82, 2.24) is 10.2 Å². The molecule has 2 aromatic carbocycles. The molecule has 0 saturated heterocycles. The van der Waals surface area contributed by atoms with Crippen molar-refractivity contribution in [3.8, 4) is 5.75 Å². The highest BCUT2D eigenvalue weighted by Gasteiger charge is 2.05. The van der Waals surface area contributed by atoms with Gasteiger partial charge in [-0.25, -0.2) is 9.38 Å². The Hall–Kier alpha value is -2.56. The summed E-state index contributed by atoms with van der Waals surface area (Å²) in [6.45, 7) is 1.34. The maximum Gasteiger partial charge on any atom is 0.193 e. The van der Waals surface area contributed by atoms with Crippen molar-refractivity contribution < 1.29 is 9.13 Å². The van der Waals surface area contributed by atoms with Crippen molar-refractivity contribution >= 4 is 5.96 Å². The van der Waals surface area contributed by atoms with Gasteiger partial charge in [-0.2, -0.15) is 0 Å². The molecule has 0 radical (unpaired) electrons. The number of methoxy groups -OCH3 is 1. The molecule has 0 heterocycles. The Labute approximate surface area is 143 Å². The van der Waals surface area contributed by atoms with Crippen LogP contribution in [0.1, 0.15) is 11.1 Å². The summed E-state index contributed by atoms with van der Waals surface area (Å²) in [4.78, 5) is 6.57. The Kier molecular flexibility index (Phi) is 6.61. The molecule has 0 atom stereocenters. The number of nitrogens with zero attached hydrogens (tertiary/aromatic N) is 2. The van der Waals surface area contributed by atoms with Crippen LogP contribution >= 0.6 is 0 Å². The van der Waals surface area contributed by atoms with E-state index in [0.717, 1.165) is 17.9 Å². The Balaban J connectivity index is 1.92. The standard InChI is InChI=1S/C19H24FN3O/c1-23(2)19(22-14-16-7-5-4-6-8-16)21-12-11-15-9-10-17(20)18(13-15)24-3/h4-10,13H,11-12,14H2,1-3H3,(H,21,22). The average molecular weight is 329 g/mol. The van der Waals surface area contributed by atoms with E-state index in [-0.39, 0.29) is 11.6 Å². The van der Waals surface area contributed by atoms with E-state index < -0.39 is 0 Å². The second-order valence-corrected chi connectivity index (χ2v) is 5.67. The van der Waals surface area contributed by atoms with E-state index in [1.807, 2.05) is 37.2 Å². The number of hydrogen-bond acceptors (Lipinski definition) is 2. The van der Waals surface area contributed by atoms with Gasteiger partial charge < -0.3 is 15.0 Å². The van der Waals surface area contributed by atoms with E-state index in [1.54, 1.807) is 12.1 Å². The zero-order chi connectivity index (χ0) is 17.4. The van der Waals surface area contributed by atoms with E-state index >= 15 is 0 Å². The first-order valence-electron chi connectivity index (χ1n) is 7.92. The Morgan fingerprint density at radius 2 is 1.88 bits per heavy atom. The second-order valence-electron chi connectivity index (χ2n) is 5.67. The van der Waals surface area contributed by atoms with Crippen molar-refractivity contribution in [2.45, 2.75) is 13.0 Å². The summed E-state index contributed by atoms with van der Waals surface area (Å²) in [6.07, 6.45) is 0.759. The molecule has 24 heavy (non-hydrogen) atoms. The van der Waals surface area contributed by atoms with Gasteiger partial charge in [0.25, 0.3) is 0 Å². The normalized spacial score (nSPS) is 11.2. The Bertz CT molecular complexity index is 672. The Morgan fingerprint density at radius 1 is 1.12 bits per heavy atom. The topological polar surface area (TPSA) is 36.9 Å². The SMILES string of the molecule is COc1cc(CCNC(=NCc2ccccc2)N(C)C)ccc1F. The van der Waals surface area contributed by atoms with Crippen LogP contribution in [0.25, 0.3) is 0 Å².